The van der Waals surface area contributed by atoms with E-state index < -0.39 is 0 Å². The fourth-order valence-electron chi connectivity index (χ4n) is 1.26. The molecule has 0 aliphatic carbocycles. The minimum Gasteiger partial charge on any atom is -0.494 e. The molecule has 0 aliphatic rings. The molecule has 0 fully saturated rings. The first-order valence-electron chi connectivity index (χ1n) is 4.35. The maximum atomic E-state index is 5.20. The average Bonchev–Trinajstić information content (AvgIpc) is 2.29. The molecule has 2 heterocycles. The number of ether oxygens (including phenoxy) is 1. The van der Waals surface area contributed by atoms with E-state index in [0.29, 0.717) is 10.4 Å². The van der Waals surface area contributed by atoms with Gasteiger partial charge in [-0.2, -0.15) is 0 Å². The van der Waals surface area contributed by atoms with Crippen molar-refractivity contribution >= 4 is 12.2 Å². The first kappa shape index (κ1) is 9.79. The van der Waals surface area contributed by atoms with Crippen LogP contribution in [-0.2, 0) is 0 Å². The Morgan fingerprint density at radius 2 is 2.27 bits per heavy atom. The Morgan fingerprint density at radius 3 is 3.00 bits per heavy atom. The molecule has 0 bridgehead atoms. The number of aromatic amines is 1. The highest BCUT2D eigenvalue weighted by molar-refractivity contribution is 7.71. The van der Waals surface area contributed by atoms with E-state index in [1.807, 2.05) is 12.1 Å². The molecule has 0 amide bonds. The molecule has 0 aliphatic heterocycles. The van der Waals surface area contributed by atoms with Gasteiger partial charge in [0.05, 0.1) is 19.1 Å². The van der Waals surface area contributed by atoms with Crippen molar-refractivity contribution in [2.45, 2.75) is 0 Å². The van der Waals surface area contributed by atoms with Gasteiger partial charge in [-0.3, -0.25) is 4.98 Å². The molecule has 2 aromatic heterocycles. The van der Waals surface area contributed by atoms with Crippen molar-refractivity contribution in [1.29, 1.82) is 0 Å². The van der Waals surface area contributed by atoms with Crippen molar-refractivity contribution in [3.63, 3.8) is 0 Å². The minimum absolute atomic E-state index is 0.524. The molecule has 0 atom stereocenters. The zero-order valence-corrected chi connectivity index (χ0v) is 8.91. The molecule has 0 spiro atoms. The summed E-state index contributed by atoms with van der Waals surface area (Å²) >= 11 is 4.98. The van der Waals surface area contributed by atoms with Crippen molar-refractivity contribution in [1.82, 2.24) is 15.0 Å². The van der Waals surface area contributed by atoms with E-state index in [-0.39, 0.29) is 0 Å². The van der Waals surface area contributed by atoms with Crippen molar-refractivity contribution in [2.24, 2.45) is 0 Å². The van der Waals surface area contributed by atoms with Crippen LogP contribution in [0.3, 0.4) is 0 Å². The van der Waals surface area contributed by atoms with Crippen molar-refractivity contribution in [2.75, 3.05) is 7.11 Å². The van der Waals surface area contributed by atoms with Crippen molar-refractivity contribution in [3.05, 3.63) is 35.4 Å². The maximum Gasteiger partial charge on any atom is 0.146 e. The molecule has 0 saturated carbocycles. The van der Waals surface area contributed by atoms with E-state index in [9.17, 15) is 0 Å². The van der Waals surface area contributed by atoms with Gasteiger partial charge in [0.2, 0.25) is 0 Å². The average molecular weight is 219 g/mol. The molecule has 1 N–H and O–H groups in total. The summed E-state index contributed by atoms with van der Waals surface area (Å²) in [7, 11) is 1.61. The summed E-state index contributed by atoms with van der Waals surface area (Å²) in [5.41, 5.74) is 1.53. The van der Waals surface area contributed by atoms with E-state index >= 15 is 0 Å². The fraction of sp³-hybridized carbons (Fsp3) is 0.100. The van der Waals surface area contributed by atoms with Crippen molar-refractivity contribution in [3.8, 4) is 17.1 Å². The molecule has 0 radical (unpaired) electrons. The van der Waals surface area contributed by atoms with E-state index in [1.54, 1.807) is 25.7 Å². The number of aromatic nitrogens is 3. The van der Waals surface area contributed by atoms with Gasteiger partial charge < -0.3 is 9.72 Å². The van der Waals surface area contributed by atoms with Gasteiger partial charge in [0, 0.05) is 12.3 Å². The summed E-state index contributed by atoms with van der Waals surface area (Å²) in [6, 6.07) is 5.41. The summed E-state index contributed by atoms with van der Waals surface area (Å²) in [6.07, 6.45) is 3.25. The Morgan fingerprint density at radius 1 is 1.40 bits per heavy atom. The molecule has 76 valence electrons. The van der Waals surface area contributed by atoms with Crippen LogP contribution in [0.4, 0.5) is 0 Å². The highest BCUT2D eigenvalue weighted by Crippen LogP contribution is 2.24. The lowest BCUT2D eigenvalue weighted by atomic mass is 10.2. The van der Waals surface area contributed by atoms with Gasteiger partial charge in [-0.25, -0.2) is 4.98 Å². The van der Waals surface area contributed by atoms with Gasteiger partial charge in [-0.15, -0.1) is 0 Å². The van der Waals surface area contributed by atoms with Crippen LogP contribution in [0.5, 0.6) is 5.75 Å². The van der Waals surface area contributed by atoms with Crippen molar-refractivity contribution < 1.29 is 4.74 Å². The summed E-state index contributed by atoms with van der Waals surface area (Å²) in [5.74, 6) is 0.703. The monoisotopic (exact) mass is 219 g/mol. The molecule has 2 rings (SSSR count). The standard InChI is InChI=1S/C10H9N3OS/c1-14-8-3-2-4-11-10(8)7-5-9(15)13-6-12-7/h2-6H,1H3,(H,12,13,15). The number of nitrogens with one attached hydrogen (secondary N) is 1. The van der Waals surface area contributed by atoms with Gasteiger partial charge in [-0.05, 0) is 12.1 Å². The van der Waals surface area contributed by atoms with E-state index in [2.05, 4.69) is 15.0 Å². The first-order valence-corrected chi connectivity index (χ1v) is 4.76. The van der Waals surface area contributed by atoms with Gasteiger partial charge >= 0.3 is 0 Å². The van der Waals surface area contributed by atoms with Gasteiger partial charge in [0.1, 0.15) is 16.1 Å². The molecule has 15 heavy (non-hydrogen) atoms. The van der Waals surface area contributed by atoms with Crippen LogP contribution in [0, 0.1) is 4.64 Å². The number of H-pyrrole nitrogens is 1. The van der Waals surface area contributed by atoms with Crippen LogP contribution in [0.2, 0.25) is 0 Å². The number of hydrogen-bond acceptors (Lipinski definition) is 4. The fourth-order valence-corrected chi connectivity index (χ4v) is 1.43. The highest BCUT2D eigenvalue weighted by atomic mass is 32.1. The number of pyridine rings is 1. The normalized spacial score (nSPS) is 9.93. The Balaban J connectivity index is 2.58. The third-order valence-corrected chi connectivity index (χ3v) is 2.15. The van der Waals surface area contributed by atoms with Crippen LogP contribution in [0.1, 0.15) is 0 Å². The first-order chi connectivity index (χ1) is 7.31. The predicted molar refractivity (Wildman–Crippen MR) is 59.2 cm³/mol. The summed E-state index contributed by atoms with van der Waals surface area (Å²) in [6.45, 7) is 0. The third-order valence-electron chi connectivity index (χ3n) is 1.93. The van der Waals surface area contributed by atoms with Crippen LogP contribution in [-0.4, -0.2) is 22.1 Å². The number of rotatable bonds is 2. The predicted octanol–water partition coefficient (Wildman–Crippen LogP) is 2.21. The topological polar surface area (TPSA) is 50.8 Å². The molecule has 0 saturated heterocycles. The highest BCUT2D eigenvalue weighted by Gasteiger charge is 2.06. The van der Waals surface area contributed by atoms with Crippen LogP contribution in [0.15, 0.2) is 30.7 Å². The molecular weight excluding hydrogens is 210 g/mol. The lowest BCUT2D eigenvalue weighted by Crippen LogP contribution is -1.93. The number of nitrogens with zero attached hydrogens (tertiary/aromatic N) is 2. The minimum atomic E-state index is 0.524. The molecule has 0 aromatic carbocycles. The molecule has 2 aromatic rings. The molecule has 4 nitrogen and oxygen atoms in total. The molecular formula is C10H9N3OS. The smallest absolute Gasteiger partial charge is 0.146 e. The Labute approximate surface area is 92.0 Å². The summed E-state index contributed by atoms with van der Waals surface area (Å²) < 4.78 is 5.73. The second kappa shape index (κ2) is 4.18. The van der Waals surface area contributed by atoms with E-state index in [1.165, 1.54) is 0 Å². The lowest BCUT2D eigenvalue weighted by Gasteiger charge is -2.06. The van der Waals surface area contributed by atoms with Crippen LogP contribution >= 0.6 is 12.2 Å². The Bertz CT molecular complexity index is 524. The van der Waals surface area contributed by atoms with Gasteiger partial charge in [0.25, 0.3) is 0 Å². The lowest BCUT2D eigenvalue weighted by molar-refractivity contribution is 0.414. The van der Waals surface area contributed by atoms with Gasteiger partial charge in [-0.1, -0.05) is 12.2 Å². The second-order valence-corrected chi connectivity index (χ2v) is 3.27. The van der Waals surface area contributed by atoms with Gasteiger partial charge in [0.15, 0.2) is 0 Å². The van der Waals surface area contributed by atoms with E-state index in [4.69, 9.17) is 17.0 Å². The SMILES string of the molecule is COc1cccnc1-c1cc(=S)nc[nH]1. The molecule has 0 unspecified atom stereocenters. The van der Waals surface area contributed by atoms with Crippen LogP contribution in [0.25, 0.3) is 11.4 Å². The number of methoxy groups -OCH3 is 1. The quantitative estimate of drug-likeness (QED) is 0.787. The number of hydrogen-bond donors (Lipinski definition) is 1. The summed E-state index contributed by atoms with van der Waals surface area (Å²) in [5, 5.41) is 0. The van der Waals surface area contributed by atoms with E-state index in [0.717, 1.165) is 11.4 Å². The van der Waals surface area contributed by atoms with Crippen LogP contribution < -0.4 is 4.74 Å². The Kier molecular flexibility index (Phi) is 2.73. The zero-order chi connectivity index (χ0) is 10.7. The zero-order valence-electron chi connectivity index (χ0n) is 8.10. The third kappa shape index (κ3) is 2.02. The second-order valence-electron chi connectivity index (χ2n) is 2.85. The summed E-state index contributed by atoms with van der Waals surface area (Å²) in [4.78, 5) is 11.1. The maximum absolute atomic E-state index is 5.20. The molecule has 5 heteroatoms. The largest absolute Gasteiger partial charge is 0.494 e. The Hall–Kier alpha value is -1.75.